The van der Waals surface area contributed by atoms with Gasteiger partial charge in [0.2, 0.25) is 5.95 Å². The van der Waals surface area contributed by atoms with Crippen LogP contribution in [0, 0.1) is 5.95 Å². The second-order valence-electron chi connectivity index (χ2n) is 10.0. The minimum Gasteiger partial charge on any atom is -0.507 e. The fraction of sp³-hybridized carbons (Fsp3) is 0.440. The molecule has 0 amide bonds. The summed E-state index contributed by atoms with van der Waals surface area (Å²) in [5.74, 6) is 0.521. The molecule has 3 aromatic rings. The summed E-state index contributed by atoms with van der Waals surface area (Å²) < 4.78 is 13.8. The number of anilines is 1. The molecule has 0 spiro atoms. The minimum atomic E-state index is -0.553. The van der Waals surface area contributed by atoms with E-state index < -0.39 is 5.95 Å². The largest absolute Gasteiger partial charge is 0.507 e. The van der Waals surface area contributed by atoms with Gasteiger partial charge in [0.05, 0.1) is 16.8 Å². The van der Waals surface area contributed by atoms with Crippen LogP contribution >= 0.6 is 11.8 Å². The van der Waals surface area contributed by atoms with Crippen molar-refractivity contribution in [3.63, 3.8) is 0 Å². The summed E-state index contributed by atoms with van der Waals surface area (Å²) in [5, 5.41) is 23.8. The highest BCUT2D eigenvalue weighted by Gasteiger charge is 2.49. The standard InChI is InChI=1S/C25H29FN6OS/c1-24-7-8-25(2,31-24)13-17(12-24)32(3)21-14-27-23(30-29-21)18-6-5-15(9-19(18)33)16-10-20(26)28-22(11-16)34-4/h5-6,9-11,14,17,31,33H,7-8,12-13H2,1-4H3/t17-,24-,25+. The number of benzene rings is 1. The molecule has 2 saturated heterocycles. The first kappa shape index (κ1) is 23.0. The van der Waals surface area contributed by atoms with Gasteiger partial charge in [-0.15, -0.1) is 22.0 Å². The highest BCUT2D eigenvalue weighted by molar-refractivity contribution is 7.98. The maximum atomic E-state index is 13.8. The number of pyridine rings is 1. The number of aromatic hydroxyl groups is 1. The number of aromatic nitrogens is 4. The van der Waals surface area contributed by atoms with E-state index in [0.29, 0.717) is 33.6 Å². The van der Waals surface area contributed by atoms with E-state index in [1.807, 2.05) is 12.3 Å². The SMILES string of the molecule is CSc1cc(-c2ccc(-c3ncc(N(C)[C@H]4C[C@]5(C)CC[C@](C)(C4)N5)nn3)c(O)c2)cc(F)n1. The topological polar surface area (TPSA) is 87.1 Å². The average Bonchev–Trinajstić information content (AvgIpc) is 3.04. The molecule has 4 heterocycles. The van der Waals surface area contributed by atoms with Crippen molar-refractivity contribution in [1.82, 2.24) is 25.5 Å². The van der Waals surface area contributed by atoms with Crippen LogP contribution in [0.5, 0.6) is 5.75 Å². The predicted octanol–water partition coefficient (Wildman–Crippen LogP) is 4.67. The molecule has 178 valence electrons. The second kappa shape index (κ2) is 8.46. The lowest BCUT2D eigenvalue weighted by Crippen LogP contribution is -2.58. The van der Waals surface area contributed by atoms with Crippen LogP contribution in [0.1, 0.15) is 39.5 Å². The Labute approximate surface area is 203 Å². The Kier molecular flexibility index (Phi) is 5.72. The number of hydrogen-bond donors (Lipinski definition) is 2. The highest BCUT2D eigenvalue weighted by Crippen LogP contribution is 2.43. The number of nitrogens with one attached hydrogen (secondary N) is 1. The highest BCUT2D eigenvalue weighted by atomic mass is 32.2. The summed E-state index contributed by atoms with van der Waals surface area (Å²) in [6, 6.07) is 8.63. The molecule has 5 rings (SSSR count). The van der Waals surface area contributed by atoms with E-state index >= 15 is 0 Å². The van der Waals surface area contributed by atoms with E-state index in [-0.39, 0.29) is 16.8 Å². The first-order valence-corrected chi connectivity index (χ1v) is 12.7. The Hall–Kier alpha value is -2.78. The number of fused-ring (bicyclic) bond motifs is 2. The van der Waals surface area contributed by atoms with Crippen LogP contribution in [0.15, 0.2) is 41.6 Å². The molecule has 2 fully saturated rings. The smallest absolute Gasteiger partial charge is 0.214 e. The third-order valence-electron chi connectivity index (χ3n) is 7.21. The molecule has 9 heteroatoms. The van der Waals surface area contributed by atoms with Crippen molar-refractivity contribution in [2.75, 3.05) is 18.2 Å². The normalized spacial score (nSPS) is 26.0. The third-order valence-corrected chi connectivity index (χ3v) is 7.84. The van der Waals surface area contributed by atoms with Crippen molar-refractivity contribution in [3.8, 4) is 28.3 Å². The molecule has 34 heavy (non-hydrogen) atoms. The predicted molar refractivity (Wildman–Crippen MR) is 133 cm³/mol. The lowest BCUT2D eigenvalue weighted by atomic mass is 9.84. The number of halogens is 1. The van der Waals surface area contributed by atoms with E-state index in [1.54, 1.807) is 24.4 Å². The van der Waals surface area contributed by atoms with Crippen LogP contribution in [0.4, 0.5) is 10.2 Å². The molecule has 2 bridgehead atoms. The van der Waals surface area contributed by atoms with Crippen molar-refractivity contribution in [1.29, 1.82) is 0 Å². The zero-order valence-corrected chi connectivity index (χ0v) is 20.7. The third kappa shape index (κ3) is 4.34. The van der Waals surface area contributed by atoms with Gasteiger partial charge in [0.1, 0.15) is 5.75 Å². The van der Waals surface area contributed by atoms with Gasteiger partial charge in [0, 0.05) is 30.2 Å². The summed E-state index contributed by atoms with van der Waals surface area (Å²) in [6.45, 7) is 4.61. The monoisotopic (exact) mass is 480 g/mol. The molecule has 0 aliphatic carbocycles. The molecule has 2 N–H and O–H groups in total. The Morgan fingerprint density at radius 1 is 1.09 bits per heavy atom. The zero-order valence-electron chi connectivity index (χ0n) is 19.8. The van der Waals surface area contributed by atoms with Crippen molar-refractivity contribution < 1.29 is 9.50 Å². The second-order valence-corrected chi connectivity index (χ2v) is 10.8. The van der Waals surface area contributed by atoms with Crippen LogP contribution in [0.2, 0.25) is 0 Å². The Morgan fingerprint density at radius 3 is 2.44 bits per heavy atom. The molecule has 7 nitrogen and oxygen atoms in total. The number of rotatable bonds is 5. The van der Waals surface area contributed by atoms with Crippen molar-refractivity contribution in [2.45, 2.75) is 61.7 Å². The summed E-state index contributed by atoms with van der Waals surface area (Å²) in [4.78, 5) is 10.5. The number of piperidine rings is 1. The van der Waals surface area contributed by atoms with Gasteiger partial charge >= 0.3 is 0 Å². The Bertz CT molecular complexity index is 1210. The van der Waals surface area contributed by atoms with E-state index in [4.69, 9.17) is 0 Å². The van der Waals surface area contributed by atoms with Crippen LogP contribution in [-0.4, -0.2) is 55.7 Å². The van der Waals surface area contributed by atoms with Gasteiger partial charge in [0.15, 0.2) is 11.6 Å². The van der Waals surface area contributed by atoms with Gasteiger partial charge < -0.3 is 15.3 Å². The number of phenols is 1. The molecular weight excluding hydrogens is 451 g/mol. The molecule has 2 aliphatic rings. The number of hydrogen-bond acceptors (Lipinski definition) is 8. The first-order valence-electron chi connectivity index (χ1n) is 11.4. The van der Waals surface area contributed by atoms with Crippen LogP contribution < -0.4 is 10.2 Å². The lowest BCUT2D eigenvalue weighted by molar-refractivity contribution is 0.207. The fourth-order valence-corrected chi connectivity index (χ4v) is 5.91. The lowest BCUT2D eigenvalue weighted by Gasteiger charge is -2.45. The molecule has 2 aliphatic heterocycles. The number of nitrogens with zero attached hydrogens (tertiary/aromatic N) is 5. The summed E-state index contributed by atoms with van der Waals surface area (Å²) in [5.41, 5.74) is 2.13. The molecule has 3 atom stereocenters. The van der Waals surface area contributed by atoms with Gasteiger partial charge in [-0.1, -0.05) is 6.07 Å². The van der Waals surface area contributed by atoms with Crippen LogP contribution in [0.3, 0.4) is 0 Å². The van der Waals surface area contributed by atoms with Crippen LogP contribution in [0.25, 0.3) is 22.5 Å². The Morgan fingerprint density at radius 2 is 1.82 bits per heavy atom. The van der Waals surface area contributed by atoms with Gasteiger partial charge in [-0.25, -0.2) is 9.97 Å². The fourth-order valence-electron chi connectivity index (χ4n) is 5.48. The zero-order chi connectivity index (χ0) is 24.1. The molecule has 0 unspecified atom stereocenters. The summed E-state index contributed by atoms with van der Waals surface area (Å²) in [6.07, 6.45) is 8.05. The quantitative estimate of drug-likeness (QED) is 0.403. The molecule has 1 aromatic carbocycles. The van der Waals surface area contributed by atoms with Gasteiger partial charge in [-0.3, -0.25) is 0 Å². The maximum Gasteiger partial charge on any atom is 0.214 e. The first-order chi connectivity index (χ1) is 16.2. The Balaban J connectivity index is 1.36. The van der Waals surface area contributed by atoms with E-state index in [1.165, 1.54) is 30.7 Å². The number of thioether (sulfide) groups is 1. The van der Waals surface area contributed by atoms with Crippen molar-refractivity contribution in [2.24, 2.45) is 0 Å². The van der Waals surface area contributed by atoms with Gasteiger partial charge in [-0.2, -0.15) is 4.39 Å². The van der Waals surface area contributed by atoms with Crippen LogP contribution in [-0.2, 0) is 0 Å². The summed E-state index contributed by atoms with van der Waals surface area (Å²) >= 11 is 1.36. The molecule has 0 saturated carbocycles. The van der Waals surface area contributed by atoms with E-state index in [0.717, 1.165) is 18.7 Å². The minimum absolute atomic E-state index is 0.0131. The molecular formula is C25H29FN6OS. The van der Waals surface area contributed by atoms with Gasteiger partial charge in [-0.05, 0) is 75.1 Å². The van der Waals surface area contributed by atoms with E-state index in [2.05, 4.69) is 51.3 Å². The number of phenolic OH excluding ortho intramolecular Hbond substituents is 1. The maximum absolute atomic E-state index is 13.8. The van der Waals surface area contributed by atoms with E-state index in [9.17, 15) is 9.50 Å². The molecule has 2 aromatic heterocycles. The molecule has 0 radical (unpaired) electrons. The summed E-state index contributed by atoms with van der Waals surface area (Å²) in [7, 11) is 2.05. The van der Waals surface area contributed by atoms with Crippen molar-refractivity contribution in [3.05, 3.63) is 42.5 Å². The average molecular weight is 481 g/mol. The van der Waals surface area contributed by atoms with Gasteiger partial charge in [0.25, 0.3) is 0 Å². The van der Waals surface area contributed by atoms with Crippen molar-refractivity contribution >= 4 is 17.6 Å².